The molecular weight excluding hydrogens is 345 g/mol. The van der Waals surface area contributed by atoms with E-state index in [2.05, 4.69) is 29.6 Å². The van der Waals surface area contributed by atoms with Gasteiger partial charge in [0.2, 0.25) is 0 Å². The molecule has 1 saturated heterocycles. The summed E-state index contributed by atoms with van der Waals surface area (Å²) in [7, 11) is -1.57. The molecule has 0 N–H and O–H groups in total. The average molecular weight is 375 g/mol. The lowest BCUT2D eigenvalue weighted by Gasteiger charge is -2.32. The molecule has 0 saturated carbocycles. The molecule has 0 unspecified atom stereocenters. The molecule has 0 aliphatic carbocycles. The zero-order chi connectivity index (χ0) is 19.2. The van der Waals surface area contributed by atoms with Crippen molar-refractivity contribution < 1.29 is 14.0 Å². The molecule has 1 fully saturated rings. The Bertz CT molecular complexity index is 770. The predicted molar refractivity (Wildman–Crippen MR) is 107 cm³/mol. The van der Waals surface area contributed by atoms with Gasteiger partial charge in [0.1, 0.15) is 18.7 Å². The summed E-state index contributed by atoms with van der Waals surface area (Å²) in [4.78, 5) is 8.90. The Morgan fingerprint density at radius 2 is 1.77 bits per heavy atom. The molecule has 1 aliphatic heterocycles. The highest BCUT2D eigenvalue weighted by atomic mass is 28.3. The summed E-state index contributed by atoms with van der Waals surface area (Å²) in [6.07, 6.45) is 3.56. The molecule has 0 atom stereocenters. The maximum Gasteiger partial charge on any atom is 0.515 e. The van der Waals surface area contributed by atoms with Crippen LogP contribution in [-0.4, -0.2) is 47.5 Å². The third kappa shape index (κ3) is 3.88. The molecule has 3 heterocycles. The fraction of sp³-hybridized carbons (Fsp3) is 0.667. The molecule has 0 aromatic carbocycles. The Kier molecular flexibility index (Phi) is 5.07. The van der Waals surface area contributed by atoms with Gasteiger partial charge in [0.15, 0.2) is 0 Å². The number of hydrogen-bond acceptors (Lipinski definition) is 5. The Morgan fingerprint density at radius 3 is 2.38 bits per heavy atom. The number of nitrogens with zero attached hydrogens (tertiary/aromatic N) is 3. The minimum atomic E-state index is -1.08. The van der Waals surface area contributed by atoms with Crippen molar-refractivity contribution in [2.45, 2.75) is 71.3 Å². The normalized spacial score (nSPS) is 19.4. The van der Waals surface area contributed by atoms with Crippen LogP contribution in [0.15, 0.2) is 18.6 Å². The van der Waals surface area contributed by atoms with E-state index in [9.17, 15) is 0 Å². The molecule has 8 heteroatoms. The van der Waals surface area contributed by atoms with Gasteiger partial charge in [0.05, 0.1) is 16.8 Å². The van der Waals surface area contributed by atoms with Crippen molar-refractivity contribution >= 4 is 31.8 Å². The highest BCUT2D eigenvalue weighted by Gasteiger charge is 2.52. The second-order valence-corrected chi connectivity index (χ2v) is 14.8. The van der Waals surface area contributed by atoms with Crippen molar-refractivity contribution in [3.8, 4) is 0 Å². The Hall–Kier alpha value is -1.22. The van der Waals surface area contributed by atoms with Crippen LogP contribution >= 0.6 is 0 Å². The van der Waals surface area contributed by atoms with E-state index in [1.165, 1.54) is 0 Å². The van der Waals surface area contributed by atoms with Crippen LogP contribution in [0, 0.1) is 0 Å². The van der Waals surface area contributed by atoms with Crippen LogP contribution in [0.3, 0.4) is 0 Å². The lowest BCUT2D eigenvalue weighted by atomic mass is 9.82. The summed E-state index contributed by atoms with van der Waals surface area (Å²) in [5.41, 5.74) is 0.835. The predicted octanol–water partition coefficient (Wildman–Crippen LogP) is 3.04. The fourth-order valence-corrected chi connectivity index (χ4v) is 3.57. The van der Waals surface area contributed by atoms with Gasteiger partial charge in [-0.3, -0.25) is 0 Å². The van der Waals surface area contributed by atoms with Gasteiger partial charge in [-0.25, -0.2) is 9.97 Å². The van der Waals surface area contributed by atoms with Crippen molar-refractivity contribution in [2.24, 2.45) is 0 Å². The maximum absolute atomic E-state index is 6.16. The summed E-state index contributed by atoms with van der Waals surface area (Å²) in [6, 6.07) is 3.16. The van der Waals surface area contributed by atoms with Crippen LogP contribution in [0.5, 0.6) is 0 Å². The fourth-order valence-electron chi connectivity index (χ4n) is 2.81. The lowest BCUT2D eigenvalue weighted by molar-refractivity contribution is 0.00578. The van der Waals surface area contributed by atoms with E-state index in [0.717, 1.165) is 29.3 Å². The van der Waals surface area contributed by atoms with Crippen LogP contribution in [-0.2, 0) is 20.8 Å². The summed E-state index contributed by atoms with van der Waals surface area (Å²) < 4.78 is 20.2. The van der Waals surface area contributed by atoms with Gasteiger partial charge >= 0.3 is 7.12 Å². The smallest absolute Gasteiger partial charge is 0.398 e. The standard InChI is InChI=1S/C18H30BN3O3Si/c1-17(2)18(3,4)25-19(24-17)15-14-8-9-22(16(14)21-12-20-15)13-23-10-11-26(5,6)7/h8-9,12H,10-11,13H2,1-7H3. The Morgan fingerprint density at radius 1 is 1.12 bits per heavy atom. The van der Waals surface area contributed by atoms with Gasteiger partial charge in [-0.05, 0) is 39.8 Å². The summed E-state index contributed by atoms with van der Waals surface area (Å²) in [5.74, 6) is 0. The van der Waals surface area contributed by atoms with Gasteiger partial charge in [-0.15, -0.1) is 0 Å². The third-order valence-electron chi connectivity index (χ3n) is 5.29. The number of rotatable bonds is 6. The highest BCUT2D eigenvalue weighted by molar-refractivity contribution is 6.76. The largest absolute Gasteiger partial charge is 0.515 e. The van der Waals surface area contributed by atoms with Gasteiger partial charge in [-0.2, -0.15) is 0 Å². The van der Waals surface area contributed by atoms with Crippen LogP contribution in [0.4, 0.5) is 0 Å². The highest BCUT2D eigenvalue weighted by Crippen LogP contribution is 2.36. The van der Waals surface area contributed by atoms with E-state index in [1.807, 2.05) is 44.5 Å². The molecule has 2 aromatic rings. The Balaban J connectivity index is 1.77. The van der Waals surface area contributed by atoms with Crippen LogP contribution in [0.1, 0.15) is 27.7 Å². The molecule has 142 valence electrons. The van der Waals surface area contributed by atoms with Gasteiger partial charge in [0.25, 0.3) is 0 Å². The van der Waals surface area contributed by atoms with Crippen molar-refractivity contribution in [3.05, 3.63) is 18.6 Å². The molecule has 3 rings (SSSR count). The van der Waals surface area contributed by atoms with Crippen LogP contribution in [0.25, 0.3) is 11.0 Å². The summed E-state index contributed by atoms with van der Waals surface area (Å²) in [5, 5.41) is 0.944. The van der Waals surface area contributed by atoms with Crippen LogP contribution < -0.4 is 5.59 Å². The monoisotopic (exact) mass is 375 g/mol. The topological polar surface area (TPSA) is 58.4 Å². The molecule has 6 nitrogen and oxygen atoms in total. The number of fused-ring (bicyclic) bond motifs is 1. The zero-order valence-corrected chi connectivity index (χ0v) is 18.0. The first-order chi connectivity index (χ1) is 12.0. The molecule has 1 aliphatic rings. The number of ether oxygens (including phenoxy) is 1. The molecular formula is C18H30BN3O3Si. The number of aromatic nitrogens is 3. The summed E-state index contributed by atoms with van der Waals surface area (Å²) in [6.45, 7) is 16.5. The van der Waals surface area contributed by atoms with E-state index in [-0.39, 0.29) is 0 Å². The van der Waals surface area contributed by atoms with Gasteiger partial charge in [-0.1, -0.05) is 19.6 Å². The molecule has 26 heavy (non-hydrogen) atoms. The Labute approximate surface area is 157 Å². The van der Waals surface area contributed by atoms with Gasteiger partial charge in [0, 0.05) is 26.3 Å². The van der Waals surface area contributed by atoms with E-state index in [1.54, 1.807) is 6.33 Å². The minimum absolute atomic E-state index is 0.391. The van der Waals surface area contributed by atoms with E-state index >= 15 is 0 Å². The lowest BCUT2D eigenvalue weighted by Crippen LogP contribution is -2.41. The van der Waals surface area contributed by atoms with E-state index in [4.69, 9.17) is 14.0 Å². The second kappa shape index (κ2) is 6.74. The number of hydrogen-bond donors (Lipinski definition) is 0. The van der Waals surface area contributed by atoms with E-state index in [0.29, 0.717) is 6.73 Å². The molecule has 0 radical (unpaired) electrons. The maximum atomic E-state index is 6.16. The van der Waals surface area contributed by atoms with E-state index < -0.39 is 26.4 Å². The SMILES string of the molecule is CC1(C)OB(c2ncnc3c2ccn3COCC[Si](C)(C)C)OC1(C)C. The quantitative estimate of drug-likeness (QED) is 0.574. The van der Waals surface area contributed by atoms with Crippen molar-refractivity contribution in [1.29, 1.82) is 0 Å². The molecule has 0 spiro atoms. The molecule has 2 aromatic heterocycles. The second-order valence-electron chi connectivity index (χ2n) is 9.22. The van der Waals surface area contributed by atoms with Crippen molar-refractivity contribution in [2.75, 3.05) is 6.61 Å². The molecule has 0 bridgehead atoms. The first kappa shape index (κ1) is 19.5. The third-order valence-corrected chi connectivity index (χ3v) is 6.99. The first-order valence-electron chi connectivity index (χ1n) is 9.23. The van der Waals surface area contributed by atoms with Crippen LogP contribution in [0.2, 0.25) is 25.7 Å². The minimum Gasteiger partial charge on any atom is -0.398 e. The summed E-state index contributed by atoms with van der Waals surface area (Å²) >= 11 is 0. The van der Waals surface area contributed by atoms with Crippen molar-refractivity contribution in [1.82, 2.24) is 14.5 Å². The van der Waals surface area contributed by atoms with Gasteiger partial charge < -0.3 is 18.6 Å². The average Bonchev–Trinajstić information content (AvgIpc) is 3.01. The molecule has 0 amide bonds. The first-order valence-corrected chi connectivity index (χ1v) is 12.9. The zero-order valence-electron chi connectivity index (χ0n) is 17.0. The van der Waals surface area contributed by atoms with Crippen molar-refractivity contribution in [3.63, 3.8) is 0 Å².